The van der Waals surface area contributed by atoms with Gasteiger partial charge in [0.2, 0.25) is 10.0 Å². The van der Waals surface area contributed by atoms with E-state index in [0.29, 0.717) is 11.3 Å². The van der Waals surface area contributed by atoms with E-state index in [1.165, 1.54) is 31.2 Å². The zero-order chi connectivity index (χ0) is 21.6. The molecule has 0 aliphatic heterocycles. The van der Waals surface area contributed by atoms with Gasteiger partial charge in [-0.3, -0.25) is 4.79 Å². The van der Waals surface area contributed by atoms with Crippen molar-refractivity contribution in [3.05, 3.63) is 54.1 Å². The maximum atomic E-state index is 12.3. The molecule has 2 aromatic rings. The van der Waals surface area contributed by atoms with Crippen molar-refractivity contribution in [1.29, 1.82) is 0 Å². The van der Waals surface area contributed by atoms with Crippen molar-refractivity contribution in [2.24, 2.45) is 5.14 Å². The van der Waals surface area contributed by atoms with Gasteiger partial charge in [-0.2, -0.15) is 0 Å². The topological polar surface area (TPSA) is 119 Å². The number of carbonyl (C=O) groups is 2. The quantitative estimate of drug-likeness (QED) is 0.634. The van der Waals surface area contributed by atoms with Crippen LogP contribution in [0.4, 0.5) is 11.4 Å². The van der Waals surface area contributed by atoms with Gasteiger partial charge < -0.3 is 15.0 Å². The summed E-state index contributed by atoms with van der Waals surface area (Å²) >= 11 is 0. The smallest absolute Gasteiger partial charge is 0.338 e. The number of nitrogens with two attached hydrogens (primary N) is 1. The van der Waals surface area contributed by atoms with Gasteiger partial charge in [0.15, 0.2) is 6.10 Å². The Hall–Kier alpha value is -2.91. The number of rotatable bonds is 8. The fourth-order valence-corrected chi connectivity index (χ4v) is 3.17. The van der Waals surface area contributed by atoms with Gasteiger partial charge in [-0.25, -0.2) is 18.4 Å². The Morgan fingerprint density at radius 3 is 2.07 bits per heavy atom. The second-order valence-corrected chi connectivity index (χ2v) is 7.89. The zero-order valence-electron chi connectivity index (χ0n) is 16.6. The largest absolute Gasteiger partial charge is 0.449 e. The van der Waals surface area contributed by atoms with Crippen LogP contribution in [0.5, 0.6) is 0 Å². The SMILES string of the molecule is CCN(CC)c1ccc(C(=O)O[C@@H](C)C(=O)Nc2ccc(S(N)(=O)=O)cc2)cc1. The van der Waals surface area contributed by atoms with E-state index in [1.54, 1.807) is 12.1 Å². The Morgan fingerprint density at radius 2 is 1.59 bits per heavy atom. The van der Waals surface area contributed by atoms with Gasteiger partial charge in [0, 0.05) is 24.5 Å². The molecule has 0 fully saturated rings. The van der Waals surface area contributed by atoms with Gasteiger partial charge in [0.05, 0.1) is 10.5 Å². The summed E-state index contributed by atoms with van der Waals surface area (Å²) < 4.78 is 27.7. The summed E-state index contributed by atoms with van der Waals surface area (Å²) in [5, 5.41) is 7.59. The maximum Gasteiger partial charge on any atom is 0.338 e. The first kappa shape index (κ1) is 22.4. The summed E-state index contributed by atoms with van der Waals surface area (Å²) in [4.78, 5) is 26.6. The van der Waals surface area contributed by atoms with E-state index in [0.717, 1.165) is 18.8 Å². The number of carbonyl (C=O) groups excluding carboxylic acids is 2. The number of benzene rings is 2. The van der Waals surface area contributed by atoms with Crippen LogP contribution in [0, 0.1) is 0 Å². The van der Waals surface area contributed by atoms with E-state index in [9.17, 15) is 18.0 Å². The van der Waals surface area contributed by atoms with Crippen molar-refractivity contribution in [3.63, 3.8) is 0 Å². The molecule has 0 unspecified atom stereocenters. The lowest BCUT2D eigenvalue weighted by atomic mass is 10.2. The van der Waals surface area contributed by atoms with Crippen LogP contribution in [0.25, 0.3) is 0 Å². The molecule has 0 heterocycles. The molecule has 0 bridgehead atoms. The minimum absolute atomic E-state index is 0.0665. The first-order valence-corrected chi connectivity index (χ1v) is 10.7. The molecule has 2 rings (SSSR count). The Labute approximate surface area is 170 Å². The highest BCUT2D eigenvalue weighted by molar-refractivity contribution is 7.89. The molecule has 1 atom stereocenters. The molecule has 0 saturated carbocycles. The average Bonchev–Trinajstić information content (AvgIpc) is 2.69. The van der Waals surface area contributed by atoms with Crippen LogP contribution in [-0.4, -0.2) is 39.5 Å². The Kier molecular flexibility index (Phi) is 7.35. The van der Waals surface area contributed by atoms with Crippen LogP contribution in [0.1, 0.15) is 31.1 Å². The number of hydrogen-bond donors (Lipinski definition) is 2. The van der Waals surface area contributed by atoms with Crippen LogP contribution in [-0.2, 0) is 19.6 Å². The molecule has 2 aromatic carbocycles. The molecule has 0 radical (unpaired) electrons. The lowest BCUT2D eigenvalue weighted by Gasteiger charge is -2.21. The van der Waals surface area contributed by atoms with Gasteiger partial charge >= 0.3 is 5.97 Å². The molecule has 156 valence electrons. The van der Waals surface area contributed by atoms with Crippen molar-refractivity contribution in [2.75, 3.05) is 23.3 Å². The van der Waals surface area contributed by atoms with Crippen molar-refractivity contribution < 1.29 is 22.7 Å². The highest BCUT2D eigenvalue weighted by Gasteiger charge is 2.19. The third kappa shape index (κ3) is 6.03. The number of anilines is 2. The first-order chi connectivity index (χ1) is 13.7. The third-order valence-electron chi connectivity index (χ3n) is 4.34. The van der Waals surface area contributed by atoms with Gasteiger partial charge in [0.1, 0.15) is 0 Å². The van der Waals surface area contributed by atoms with Gasteiger partial charge in [-0.05, 0) is 69.3 Å². The molecule has 29 heavy (non-hydrogen) atoms. The molecule has 9 heteroatoms. The number of amides is 1. The summed E-state index contributed by atoms with van der Waals surface area (Å²) in [5.41, 5.74) is 1.70. The fourth-order valence-electron chi connectivity index (χ4n) is 2.65. The minimum Gasteiger partial charge on any atom is -0.449 e. The molecule has 0 saturated heterocycles. The number of hydrogen-bond acceptors (Lipinski definition) is 6. The number of ether oxygens (including phenoxy) is 1. The monoisotopic (exact) mass is 419 g/mol. The van der Waals surface area contributed by atoms with E-state index in [4.69, 9.17) is 9.88 Å². The number of esters is 1. The molecule has 1 amide bonds. The number of primary sulfonamides is 1. The van der Waals surface area contributed by atoms with Gasteiger partial charge in [-0.1, -0.05) is 0 Å². The molecule has 0 spiro atoms. The fraction of sp³-hybridized carbons (Fsp3) is 0.300. The molecule has 0 aliphatic rings. The summed E-state index contributed by atoms with van der Waals surface area (Å²) in [6, 6.07) is 12.3. The average molecular weight is 420 g/mol. The Bertz CT molecular complexity index is 953. The lowest BCUT2D eigenvalue weighted by molar-refractivity contribution is -0.123. The van der Waals surface area contributed by atoms with Crippen molar-refractivity contribution in [2.45, 2.75) is 31.8 Å². The van der Waals surface area contributed by atoms with Gasteiger partial charge in [0.25, 0.3) is 5.91 Å². The maximum absolute atomic E-state index is 12.3. The summed E-state index contributed by atoms with van der Waals surface area (Å²) in [6.45, 7) is 7.27. The lowest BCUT2D eigenvalue weighted by Crippen LogP contribution is -2.30. The van der Waals surface area contributed by atoms with E-state index in [2.05, 4.69) is 24.1 Å². The van der Waals surface area contributed by atoms with Crippen LogP contribution < -0.4 is 15.4 Å². The summed E-state index contributed by atoms with van der Waals surface area (Å²) in [7, 11) is -3.81. The van der Waals surface area contributed by atoms with Crippen LogP contribution >= 0.6 is 0 Å². The standard InChI is InChI=1S/C20H25N3O5S/c1-4-23(5-2)17-10-6-15(7-11-17)20(25)28-14(3)19(24)22-16-8-12-18(13-9-16)29(21,26)27/h6-14H,4-5H2,1-3H3,(H,22,24)(H2,21,26,27)/t14-/m0/s1. The third-order valence-corrected chi connectivity index (χ3v) is 5.26. The molecule has 8 nitrogen and oxygen atoms in total. The summed E-state index contributed by atoms with van der Waals surface area (Å²) in [5.74, 6) is -1.15. The number of sulfonamides is 1. The predicted molar refractivity (Wildman–Crippen MR) is 111 cm³/mol. The second kappa shape index (κ2) is 9.53. The predicted octanol–water partition coefficient (Wildman–Crippen LogP) is 2.36. The molecule has 0 aromatic heterocycles. The normalized spacial score (nSPS) is 12.1. The second-order valence-electron chi connectivity index (χ2n) is 6.33. The zero-order valence-corrected chi connectivity index (χ0v) is 17.4. The molecule has 3 N–H and O–H groups in total. The van der Waals surface area contributed by atoms with E-state index in [1.807, 2.05) is 12.1 Å². The van der Waals surface area contributed by atoms with E-state index >= 15 is 0 Å². The van der Waals surface area contributed by atoms with Crippen LogP contribution in [0.2, 0.25) is 0 Å². The number of nitrogens with one attached hydrogen (secondary N) is 1. The van der Waals surface area contributed by atoms with Crippen molar-refractivity contribution in [3.8, 4) is 0 Å². The highest BCUT2D eigenvalue weighted by Crippen LogP contribution is 2.17. The number of nitrogens with zero attached hydrogens (tertiary/aromatic N) is 1. The first-order valence-electron chi connectivity index (χ1n) is 9.15. The van der Waals surface area contributed by atoms with Crippen LogP contribution in [0.15, 0.2) is 53.4 Å². The molecular formula is C20H25N3O5S. The van der Waals surface area contributed by atoms with E-state index in [-0.39, 0.29) is 4.90 Å². The van der Waals surface area contributed by atoms with Crippen LogP contribution in [0.3, 0.4) is 0 Å². The molecular weight excluding hydrogens is 394 g/mol. The Morgan fingerprint density at radius 1 is 1.03 bits per heavy atom. The van der Waals surface area contributed by atoms with Crippen molar-refractivity contribution >= 4 is 33.3 Å². The minimum atomic E-state index is -3.81. The molecule has 0 aliphatic carbocycles. The highest BCUT2D eigenvalue weighted by atomic mass is 32.2. The van der Waals surface area contributed by atoms with Crippen molar-refractivity contribution in [1.82, 2.24) is 0 Å². The van der Waals surface area contributed by atoms with E-state index < -0.39 is 28.0 Å². The summed E-state index contributed by atoms with van der Waals surface area (Å²) in [6.07, 6.45) is -1.04. The van der Waals surface area contributed by atoms with Gasteiger partial charge in [-0.15, -0.1) is 0 Å². The Balaban J connectivity index is 1.97.